The lowest BCUT2D eigenvalue weighted by molar-refractivity contribution is -0.127. The van der Waals surface area contributed by atoms with Crippen LogP contribution in [-0.4, -0.2) is 11.6 Å². The maximum absolute atomic E-state index is 11.7. The van der Waals surface area contributed by atoms with Gasteiger partial charge < -0.3 is 0 Å². The van der Waals surface area contributed by atoms with Crippen LogP contribution in [0.1, 0.15) is 58.8 Å². The van der Waals surface area contributed by atoms with E-state index in [1.54, 1.807) is 0 Å². The summed E-state index contributed by atoms with van der Waals surface area (Å²) < 4.78 is 0. The molecule has 2 rings (SSSR count). The summed E-state index contributed by atoms with van der Waals surface area (Å²) in [6, 6.07) is 0. The molecule has 2 aliphatic carbocycles. The van der Waals surface area contributed by atoms with Crippen molar-refractivity contribution in [3.05, 3.63) is 0 Å². The average Bonchev–Trinajstić information content (AvgIpc) is 2.68. The Morgan fingerprint density at radius 1 is 1.12 bits per heavy atom. The van der Waals surface area contributed by atoms with Gasteiger partial charge in [0.25, 0.3) is 0 Å². The van der Waals surface area contributed by atoms with E-state index >= 15 is 0 Å². The van der Waals surface area contributed by atoms with Crippen LogP contribution in [0.15, 0.2) is 0 Å². The molecule has 0 bridgehead atoms. The highest BCUT2D eigenvalue weighted by molar-refractivity contribution is 5.83. The Morgan fingerprint density at radius 3 is 2.41 bits per heavy atom. The first-order valence-electron chi connectivity index (χ1n) is 7.15. The fourth-order valence-corrected chi connectivity index (χ4v) is 3.77. The lowest BCUT2D eigenvalue weighted by Crippen LogP contribution is -2.31. The number of carbonyl (C=O) groups excluding carboxylic acids is 2. The maximum Gasteiger partial charge on any atom is 0.135 e. The van der Waals surface area contributed by atoms with Crippen LogP contribution in [0.4, 0.5) is 0 Å². The zero-order valence-electron chi connectivity index (χ0n) is 11.1. The Kier molecular flexibility index (Phi) is 4.01. The third kappa shape index (κ3) is 2.78. The Labute approximate surface area is 104 Å². The summed E-state index contributed by atoms with van der Waals surface area (Å²) in [6.45, 7) is 4.32. The van der Waals surface area contributed by atoms with Crippen LogP contribution in [0, 0.1) is 23.7 Å². The standard InChI is InChI=1S/C15H24O2/c1-10(9-12-5-3-8-15(12)17)13-6-4-7-14(16)11(13)2/h10-13H,3-9H2,1-2H3. The van der Waals surface area contributed by atoms with Crippen molar-refractivity contribution >= 4 is 11.6 Å². The molecule has 0 aromatic heterocycles. The van der Waals surface area contributed by atoms with Gasteiger partial charge >= 0.3 is 0 Å². The Morgan fingerprint density at radius 2 is 1.76 bits per heavy atom. The van der Waals surface area contributed by atoms with Gasteiger partial charge in [0.15, 0.2) is 0 Å². The molecule has 2 nitrogen and oxygen atoms in total. The minimum absolute atomic E-state index is 0.218. The molecule has 2 fully saturated rings. The van der Waals surface area contributed by atoms with Crippen molar-refractivity contribution < 1.29 is 9.59 Å². The van der Waals surface area contributed by atoms with E-state index < -0.39 is 0 Å². The summed E-state index contributed by atoms with van der Waals surface area (Å²) in [5.41, 5.74) is 0. The Bertz CT molecular complexity index is 308. The van der Waals surface area contributed by atoms with Gasteiger partial charge in [-0.05, 0) is 43.9 Å². The van der Waals surface area contributed by atoms with Crippen LogP contribution in [0.5, 0.6) is 0 Å². The number of hydrogen-bond acceptors (Lipinski definition) is 2. The molecule has 0 aromatic carbocycles. The van der Waals surface area contributed by atoms with Crippen LogP contribution < -0.4 is 0 Å². The first-order valence-corrected chi connectivity index (χ1v) is 7.15. The molecular formula is C15H24O2. The van der Waals surface area contributed by atoms with Crippen molar-refractivity contribution in [3.8, 4) is 0 Å². The number of carbonyl (C=O) groups is 2. The molecule has 0 spiro atoms. The van der Waals surface area contributed by atoms with E-state index in [0.717, 1.165) is 38.5 Å². The van der Waals surface area contributed by atoms with Crippen LogP contribution in [-0.2, 0) is 9.59 Å². The molecule has 96 valence electrons. The average molecular weight is 236 g/mol. The number of hydrogen-bond donors (Lipinski definition) is 0. The summed E-state index contributed by atoms with van der Waals surface area (Å²) in [5, 5.41) is 0. The SMILES string of the molecule is CC(CC1CCCC1=O)C1CCCC(=O)C1C. The molecule has 2 heteroatoms. The van der Waals surface area contributed by atoms with Gasteiger partial charge in [0, 0.05) is 24.7 Å². The zero-order valence-corrected chi connectivity index (χ0v) is 11.1. The largest absolute Gasteiger partial charge is 0.299 e. The van der Waals surface area contributed by atoms with Gasteiger partial charge in [-0.15, -0.1) is 0 Å². The predicted octanol–water partition coefficient (Wildman–Crippen LogP) is 3.39. The minimum Gasteiger partial charge on any atom is -0.299 e. The lowest BCUT2D eigenvalue weighted by atomic mass is 9.71. The predicted molar refractivity (Wildman–Crippen MR) is 67.6 cm³/mol. The van der Waals surface area contributed by atoms with Gasteiger partial charge in [0.1, 0.15) is 11.6 Å². The van der Waals surface area contributed by atoms with Gasteiger partial charge in [-0.2, -0.15) is 0 Å². The molecule has 0 radical (unpaired) electrons. The maximum atomic E-state index is 11.7. The molecule has 0 aliphatic heterocycles. The molecule has 2 saturated carbocycles. The van der Waals surface area contributed by atoms with Gasteiger partial charge in [-0.25, -0.2) is 0 Å². The van der Waals surface area contributed by atoms with E-state index in [9.17, 15) is 9.59 Å². The van der Waals surface area contributed by atoms with Crippen molar-refractivity contribution in [2.45, 2.75) is 58.8 Å². The summed E-state index contributed by atoms with van der Waals surface area (Å²) in [7, 11) is 0. The molecule has 4 unspecified atom stereocenters. The third-order valence-electron chi connectivity index (χ3n) is 4.93. The molecule has 17 heavy (non-hydrogen) atoms. The molecule has 0 amide bonds. The number of rotatable bonds is 3. The van der Waals surface area contributed by atoms with Crippen molar-refractivity contribution in [1.82, 2.24) is 0 Å². The van der Waals surface area contributed by atoms with Crippen molar-refractivity contribution in [3.63, 3.8) is 0 Å². The van der Waals surface area contributed by atoms with Crippen LogP contribution >= 0.6 is 0 Å². The summed E-state index contributed by atoms with van der Waals surface area (Å²) in [6.07, 6.45) is 6.96. The monoisotopic (exact) mass is 236 g/mol. The first-order chi connectivity index (χ1) is 8.09. The molecule has 0 aromatic rings. The van der Waals surface area contributed by atoms with Gasteiger partial charge in [-0.3, -0.25) is 9.59 Å². The second-order valence-corrected chi connectivity index (χ2v) is 6.08. The quantitative estimate of drug-likeness (QED) is 0.752. The molecule has 0 heterocycles. The van der Waals surface area contributed by atoms with Gasteiger partial charge in [0.2, 0.25) is 0 Å². The lowest BCUT2D eigenvalue weighted by Gasteiger charge is -2.33. The molecule has 0 N–H and O–H groups in total. The highest BCUT2D eigenvalue weighted by Crippen LogP contribution is 2.38. The van der Waals surface area contributed by atoms with Crippen molar-refractivity contribution in [1.29, 1.82) is 0 Å². The highest BCUT2D eigenvalue weighted by atomic mass is 16.1. The van der Waals surface area contributed by atoms with E-state index in [0.29, 0.717) is 29.3 Å². The van der Waals surface area contributed by atoms with E-state index in [-0.39, 0.29) is 5.92 Å². The minimum atomic E-state index is 0.218. The van der Waals surface area contributed by atoms with Gasteiger partial charge in [-0.1, -0.05) is 13.8 Å². The van der Waals surface area contributed by atoms with E-state index in [1.807, 2.05) is 0 Å². The second kappa shape index (κ2) is 5.32. The third-order valence-corrected chi connectivity index (χ3v) is 4.93. The second-order valence-electron chi connectivity index (χ2n) is 6.08. The summed E-state index contributed by atoms with van der Waals surface area (Å²) >= 11 is 0. The van der Waals surface area contributed by atoms with Crippen LogP contribution in [0.3, 0.4) is 0 Å². The zero-order chi connectivity index (χ0) is 12.4. The Hall–Kier alpha value is -0.660. The van der Waals surface area contributed by atoms with Crippen LogP contribution in [0.2, 0.25) is 0 Å². The number of ketones is 2. The first kappa shape index (κ1) is 12.8. The van der Waals surface area contributed by atoms with Crippen molar-refractivity contribution in [2.75, 3.05) is 0 Å². The van der Waals surface area contributed by atoms with Crippen LogP contribution in [0.25, 0.3) is 0 Å². The van der Waals surface area contributed by atoms with E-state index in [2.05, 4.69) is 13.8 Å². The molecule has 4 atom stereocenters. The molecule has 2 aliphatic rings. The van der Waals surface area contributed by atoms with E-state index in [4.69, 9.17) is 0 Å². The topological polar surface area (TPSA) is 34.1 Å². The smallest absolute Gasteiger partial charge is 0.135 e. The fraction of sp³-hybridized carbons (Fsp3) is 0.867. The molecular weight excluding hydrogens is 212 g/mol. The summed E-state index contributed by atoms with van der Waals surface area (Å²) in [5.74, 6) is 2.47. The normalized spacial score (nSPS) is 36.2. The van der Waals surface area contributed by atoms with Gasteiger partial charge in [0.05, 0.1) is 0 Å². The highest BCUT2D eigenvalue weighted by Gasteiger charge is 2.34. The Balaban J connectivity index is 1.92. The summed E-state index contributed by atoms with van der Waals surface area (Å²) in [4.78, 5) is 23.4. The van der Waals surface area contributed by atoms with Crippen molar-refractivity contribution in [2.24, 2.45) is 23.7 Å². The molecule has 0 saturated heterocycles. The fourth-order valence-electron chi connectivity index (χ4n) is 3.77. The van der Waals surface area contributed by atoms with E-state index in [1.165, 1.54) is 6.42 Å². The number of Topliss-reactive ketones (excluding diaryl/α,β-unsaturated/α-hetero) is 2.